The standard InChI is InChI=1S/C15H22N2O3S2/c1-11-4-8-21-14(11)15(18)16-12-2-6-17(7-3-12)13-5-9-22(19,20)10-13/h4,8,12-13H,2-3,5-7,9-10H2,1H3,(H,16,18)/t13-/m0/s1. The summed E-state index contributed by atoms with van der Waals surface area (Å²) in [6, 6.07) is 2.34. The van der Waals surface area contributed by atoms with E-state index >= 15 is 0 Å². The maximum atomic E-state index is 12.2. The number of likely N-dealkylation sites (tertiary alicyclic amines) is 1. The van der Waals surface area contributed by atoms with Crippen molar-refractivity contribution in [3.63, 3.8) is 0 Å². The number of piperidine rings is 1. The lowest BCUT2D eigenvalue weighted by atomic mass is 10.0. The van der Waals surface area contributed by atoms with E-state index in [1.54, 1.807) is 0 Å². The number of carbonyl (C=O) groups excluding carboxylic acids is 1. The predicted octanol–water partition coefficient (Wildman–Crippen LogP) is 1.44. The van der Waals surface area contributed by atoms with Crippen LogP contribution in [-0.4, -0.2) is 55.9 Å². The minimum absolute atomic E-state index is 0.0226. The van der Waals surface area contributed by atoms with Gasteiger partial charge in [-0.3, -0.25) is 9.69 Å². The molecule has 0 spiro atoms. The molecule has 2 aliphatic rings. The highest BCUT2D eigenvalue weighted by atomic mass is 32.2. The Morgan fingerprint density at radius 1 is 1.32 bits per heavy atom. The van der Waals surface area contributed by atoms with Crippen LogP contribution >= 0.6 is 11.3 Å². The van der Waals surface area contributed by atoms with E-state index in [2.05, 4.69) is 10.2 Å². The number of thiophene rings is 1. The summed E-state index contributed by atoms with van der Waals surface area (Å²) in [7, 11) is -2.82. The third-order valence-corrected chi connectivity index (χ3v) is 7.42. The number of hydrogen-bond acceptors (Lipinski definition) is 5. The lowest BCUT2D eigenvalue weighted by Crippen LogP contribution is -2.48. The molecule has 0 aliphatic carbocycles. The fraction of sp³-hybridized carbons (Fsp3) is 0.667. The Morgan fingerprint density at radius 2 is 2.05 bits per heavy atom. The summed E-state index contributed by atoms with van der Waals surface area (Å²) in [5, 5.41) is 5.05. The molecule has 0 radical (unpaired) electrons. The number of amides is 1. The van der Waals surface area contributed by atoms with Crippen molar-refractivity contribution in [2.75, 3.05) is 24.6 Å². The van der Waals surface area contributed by atoms with Gasteiger partial charge in [0.05, 0.1) is 16.4 Å². The van der Waals surface area contributed by atoms with Crippen LogP contribution in [0.15, 0.2) is 11.4 Å². The average Bonchev–Trinajstić information content (AvgIpc) is 3.05. The Morgan fingerprint density at radius 3 is 2.59 bits per heavy atom. The summed E-state index contributed by atoms with van der Waals surface area (Å²) in [5.41, 5.74) is 1.02. The van der Waals surface area contributed by atoms with Crippen molar-refractivity contribution in [1.82, 2.24) is 10.2 Å². The second kappa shape index (κ2) is 6.29. The molecular weight excluding hydrogens is 320 g/mol. The van der Waals surface area contributed by atoms with Gasteiger partial charge in [-0.2, -0.15) is 0 Å². The van der Waals surface area contributed by atoms with Gasteiger partial charge in [-0.05, 0) is 43.2 Å². The minimum Gasteiger partial charge on any atom is -0.349 e. The highest BCUT2D eigenvalue weighted by Crippen LogP contribution is 2.22. The van der Waals surface area contributed by atoms with Crippen LogP contribution < -0.4 is 5.32 Å². The molecule has 0 bridgehead atoms. The summed E-state index contributed by atoms with van der Waals surface area (Å²) < 4.78 is 23.1. The zero-order valence-corrected chi connectivity index (χ0v) is 14.4. The fourth-order valence-corrected chi connectivity index (χ4v) is 5.92. The molecule has 3 rings (SSSR count). The molecule has 2 aliphatic heterocycles. The molecule has 0 unspecified atom stereocenters. The van der Waals surface area contributed by atoms with Gasteiger partial charge in [0, 0.05) is 25.2 Å². The second-order valence-electron chi connectivity index (χ2n) is 6.27. The molecule has 2 fully saturated rings. The Hall–Kier alpha value is -0.920. The van der Waals surface area contributed by atoms with E-state index < -0.39 is 9.84 Å². The number of aryl methyl sites for hydroxylation is 1. The van der Waals surface area contributed by atoms with Crippen molar-refractivity contribution in [2.24, 2.45) is 0 Å². The smallest absolute Gasteiger partial charge is 0.261 e. The number of carbonyl (C=O) groups is 1. The molecule has 1 amide bonds. The van der Waals surface area contributed by atoms with Gasteiger partial charge >= 0.3 is 0 Å². The molecule has 3 heterocycles. The summed E-state index contributed by atoms with van der Waals surface area (Å²) in [6.45, 7) is 3.69. The van der Waals surface area contributed by atoms with Crippen LogP contribution in [0.3, 0.4) is 0 Å². The Labute approximate surface area is 135 Å². The van der Waals surface area contributed by atoms with Gasteiger partial charge in [-0.15, -0.1) is 11.3 Å². The molecule has 2 saturated heterocycles. The van der Waals surface area contributed by atoms with Crippen molar-refractivity contribution in [3.8, 4) is 0 Å². The quantitative estimate of drug-likeness (QED) is 0.903. The van der Waals surface area contributed by atoms with Crippen LogP contribution in [0.5, 0.6) is 0 Å². The Balaban J connectivity index is 1.50. The summed E-state index contributed by atoms with van der Waals surface area (Å²) in [5.74, 6) is 0.652. The topological polar surface area (TPSA) is 66.5 Å². The van der Waals surface area contributed by atoms with Crippen molar-refractivity contribution in [1.29, 1.82) is 0 Å². The van der Waals surface area contributed by atoms with Gasteiger partial charge in [0.25, 0.3) is 5.91 Å². The average molecular weight is 342 g/mol. The molecule has 5 nitrogen and oxygen atoms in total. The van der Waals surface area contributed by atoms with Gasteiger partial charge in [0.15, 0.2) is 9.84 Å². The van der Waals surface area contributed by atoms with E-state index in [0.29, 0.717) is 11.5 Å². The highest BCUT2D eigenvalue weighted by molar-refractivity contribution is 7.91. The predicted molar refractivity (Wildman–Crippen MR) is 88.2 cm³/mol. The normalized spacial score (nSPS) is 26.1. The number of nitrogens with one attached hydrogen (secondary N) is 1. The van der Waals surface area contributed by atoms with Gasteiger partial charge in [0.1, 0.15) is 0 Å². The maximum absolute atomic E-state index is 12.2. The molecule has 1 aromatic rings. The van der Waals surface area contributed by atoms with Crippen molar-refractivity contribution in [3.05, 3.63) is 21.9 Å². The first-order valence-corrected chi connectivity index (χ1v) is 10.4. The fourth-order valence-electron chi connectivity index (χ4n) is 3.33. The lowest BCUT2D eigenvalue weighted by molar-refractivity contribution is 0.0901. The third kappa shape index (κ3) is 3.52. The first-order valence-electron chi connectivity index (χ1n) is 7.74. The second-order valence-corrected chi connectivity index (χ2v) is 9.42. The molecule has 0 saturated carbocycles. The number of hydrogen-bond donors (Lipinski definition) is 1. The largest absolute Gasteiger partial charge is 0.349 e. The minimum atomic E-state index is -2.82. The zero-order chi connectivity index (χ0) is 15.7. The van der Waals surface area contributed by atoms with E-state index in [1.807, 2.05) is 18.4 Å². The summed E-state index contributed by atoms with van der Waals surface area (Å²) in [6.07, 6.45) is 2.55. The molecule has 7 heteroatoms. The molecule has 1 N–H and O–H groups in total. The van der Waals surface area contributed by atoms with Crippen LogP contribution in [0.1, 0.15) is 34.5 Å². The van der Waals surface area contributed by atoms with E-state index in [-0.39, 0.29) is 18.0 Å². The van der Waals surface area contributed by atoms with E-state index in [4.69, 9.17) is 0 Å². The van der Waals surface area contributed by atoms with E-state index in [9.17, 15) is 13.2 Å². The molecule has 0 aromatic carbocycles. The first kappa shape index (κ1) is 16.0. The van der Waals surface area contributed by atoms with Crippen LogP contribution in [-0.2, 0) is 9.84 Å². The van der Waals surface area contributed by atoms with Gasteiger partial charge < -0.3 is 5.32 Å². The van der Waals surface area contributed by atoms with Crippen molar-refractivity contribution >= 4 is 27.1 Å². The number of sulfone groups is 1. The maximum Gasteiger partial charge on any atom is 0.261 e. The zero-order valence-electron chi connectivity index (χ0n) is 12.7. The van der Waals surface area contributed by atoms with E-state index in [0.717, 1.165) is 42.8 Å². The van der Waals surface area contributed by atoms with Crippen molar-refractivity contribution in [2.45, 2.75) is 38.3 Å². The van der Waals surface area contributed by atoms with Gasteiger partial charge in [-0.25, -0.2) is 8.42 Å². The van der Waals surface area contributed by atoms with Gasteiger partial charge in [-0.1, -0.05) is 0 Å². The molecular formula is C15H22N2O3S2. The monoisotopic (exact) mass is 342 g/mol. The van der Waals surface area contributed by atoms with E-state index in [1.165, 1.54) is 11.3 Å². The lowest BCUT2D eigenvalue weighted by Gasteiger charge is -2.35. The van der Waals surface area contributed by atoms with Gasteiger partial charge in [0.2, 0.25) is 0 Å². The van der Waals surface area contributed by atoms with Crippen LogP contribution in [0, 0.1) is 6.92 Å². The summed E-state index contributed by atoms with van der Waals surface area (Å²) >= 11 is 1.48. The Bertz CT molecular complexity index is 645. The van der Waals surface area contributed by atoms with Crippen LogP contribution in [0.2, 0.25) is 0 Å². The SMILES string of the molecule is Cc1ccsc1C(=O)NC1CCN([C@H]2CCS(=O)(=O)C2)CC1. The third-order valence-electron chi connectivity index (χ3n) is 4.66. The molecule has 1 atom stereocenters. The molecule has 22 heavy (non-hydrogen) atoms. The molecule has 1 aromatic heterocycles. The summed E-state index contributed by atoms with van der Waals surface area (Å²) in [4.78, 5) is 15.3. The van der Waals surface area contributed by atoms with Crippen LogP contribution in [0.4, 0.5) is 0 Å². The van der Waals surface area contributed by atoms with Crippen molar-refractivity contribution < 1.29 is 13.2 Å². The highest BCUT2D eigenvalue weighted by Gasteiger charge is 2.34. The Kier molecular flexibility index (Phi) is 4.56. The number of rotatable bonds is 3. The number of nitrogens with zero attached hydrogens (tertiary/aromatic N) is 1. The van der Waals surface area contributed by atoms with Crippen LogP contribution in [0.25, 0.3) is 0 Å². The first-order chi connectivity index (χ1) is 10.4. The molecule has 122 valence electrons.